The number of para-hydroxylation sites is 2. The van der Waals surface area contributed by atoms with Gasteiger partial charge in [0.05, 0.1) is 29.9 Å². The number of nitrogens with one attached hydrogen (secondary N) is 1. The molecule has 1 aromatic carbocycles. The Morgan fingerprint density at radius 1 is 1.24 bits per heavy atom. The summed E-state index contributed by atoms with van der Waals surface area (Å²) < 4.78 is 43.5. The van der Waals surface area contributed by atoms with Crippen molar-refractivity contribution in [3.63, 3.8) is 0 Å². The second-order valence-corrected chi connectivity index (χ2v) is 6.95. The summed E-state index contributed by atoms with van der Waals surface area (Å²) in [5.74, 6) is 0.722. The maximum absolute atomic E-state index is 12.8. The van der Waals surface area contributed by atoms with E-state index in [1.54, 1.807) is 18.2 Å². The number of hydrogen-bond donors (Lipinski definition) is 1. The van der Waals surface area contributed by atoms with Crippen molar-refractivity contribution in [2.24, 2.45) is 0 Å². The van der Waals surface area contributed by atoms with Gasteiger partial charge in [0, 0.05) is 32.4 Å². The van der Waals surface area contributed by atoms with Crippen LogP contribution in [0.3, 0.4) is 0 Å². The fourth-order valence-electron chi connectivity index (χ4n) is 3.08. The summed E-state index contributed by atoms with van der Waals surface area (Å²) >= 11 is 6.01. The molecule has 0 atom stereocenters. The van der Waals surface area contributed by atoms with Crippen LogP contribution in [0, 0.1) is 0 Å². The molecule has 10 heteroatoms. The zero-order valence-corrected chi connectivity index (χ0v) is 16.4. The van der Waals surface area contributed by atoms with E-state index in [9.17, 15) is 18.0 Å². The van der Waals surface area contributed by atoms with Crippen LogP contribution in [0.5, 0.6) is 5.75 Å². The Hall–Kier alpha value is -2.52. The average molecular weight is 429 g/mol. The third-order valence-corrected chi connectivity index (χ3v) is 4.85. The molecule has 0 unspecified atom stereocenters. The van der Waals surface area contributed by atoms with Gasteiger partial charge in [0.1, 0.15) is 11.6 Å². The minimum absolute atomic E-state index is 0.0396. The van der Waals surface area contributed by atoms with E-state index in [4.69, 9.17) is 16.3 Å². The van der Waals surface area contributed by atoms with Gasteiger partial charge in [-0.15, -0.1) is 0 Å². The van der Waals surface area contributed by atoms with Gasteiger partial charge in [0.2, 0.25) is 5.91 Å². The molecule has 156 valence electrons. The SMILES string of the molecule is COc1ccccc1NC(=O)CN1CCN(c2ncc(C(F)(F)F)cc2Cl)CC1. The van der Waals surface area contributed by atoms with E-state index in [1.165, 1.54) is 7.11 Å². The highest BCUT2D eigenvalue weighted by molar-refractivity contribution is 6.33. The Kier molecular flexibility index (Phi) is 6.49. The summed E-state index contributed by atoms with van der Waals surface area (Å²) in [5.41, 5.74) is -0.280. The fourth-order valence-corrected chi connectivity index (χ4v) is 3.36. The van der Waals surface area contributed by atoms with Crippen molar-refractivity contribution in [3.05, 3.63) is 47.1 Å². The lowest BCUT2D eigenvalue weighted by Gasteiger charge is -2.35. The summed E-state index contributed by atoms with van der Waals surface area (Å²) in [4.78, 5) is 20.0. The Morgan fingerprint density at radius 3 is 2.55 bits per heavy atom. The molecule has 29 heavy (non-hydrogen) atoms. The predicted molar refractivity (Wildman–Crippen MR) is 105 cm³/mol. The topological polar surface area (TPSA) is 57.7 Å². The van der Waals surface area contributed by atoms with Gasteiger partial charge < -0.3 is 15.0 Å². The smallest absolute Gasteiger partial charge is 0.417 e. The monoisotopic (exact) mass is 428 g/mol. The first kappa shape index (κ1) is 21.2. The van der Waals surface area contributed by atoms with Gasteiger partial charge in [-0.25, -0.2) is 4.98 Å². The second kappa shape index (κ2) is 8.87. The average Bonchev–Trinajstić information content (AvgIpc) is 2.68. The number of pyridine rings is 1. The number of methoxy groups -OCH3 is 1. The molecule has 1 aromatic heterocycles. The van der Waals surface area contributed by atoms with Crippen LogP contribution in [-0.2, 0) is 11.0 Å². The van der Waals surface area contributed by atoms with E-state index < -0.39 is 11.7 Å². The number of piperazine rings is 1. The van der Waals surface area contributed by atoms with Gasteiger partial charge >= 0.3 is 6.18 Å². The minimum Gasteiger partial charge on any atom is -0.495 e. The van der Waals surface area contributed by atoms with Gasteiger partial charge in [-0.2, -0.15) is 13.2 Å². The van der Waals surface area contributed by atoms with Crippen molar-refractivity contribution in [3.8, 4) is 5.75 Å². The lowest BCUT2D eigenvalue weighted by atomic mass is 10.2. The highest BCUT2D eigenvalue weighted by Gasteiger charge is 2.32. The van der Waals surface area contributed by atoms with Crippen LogP contribution >= 0.6 is 11.6 Å². The predicted octanol–water partition coefficient (Wildman–Crippen LogP) is 3.52. The highest BCUT2D eigenvalue weighted by Crippen LogP contribution is 2.33. The van der Waals surface area contributed by atoms with E-state index in [0.29, 0.717) is 43.4 Å². The molecule has 1 amide bonds. The standard InChI is InChI=1S/C19H20ClF3N4O2/c1-29-16-5-3-2-4-15(16)25-17(28)12-26-6-8-27(9-7-26)18-14(20)10-13(11-24-18)19(21,22)23/h2-5,10-11H,6-9,12H2,1H3,(H,25,28). The Morgan fingerprint density at radius 2 is 1.93 bits per heavy atom. The molecule has 0 saturated carbocycles. The first-order valence-electron chi connectivity index (χ1n) is 8.91. The molecule has 2 aromatic rings. The van der Waals surface area contributed by atoms with Gasteiger partial charge in [-0.1, -0.05) is 23.7 Å². The van der Waals surface area contributed by atoms with E-state index >= 15 is 0 Å². The molecule has 0 spiro atoms. The quantitative estimate of drug-likeness (QED) is 0.789. The molecule has 1 aliphatic heterocycles. The maximum atomic E-state index is 12.8. The van der Waals surface area contributed by atoms with E-state index in [0.717, 1.165) is 12.3 Å². The molecule has 0 radical (unpaired) electrons. The second-order valence-electron chi connectivity index (χ2n) is 6.54. The minimum atomic E-state index is -4.48. The summed E-state index contributed by atoms with van der Waals surface area (Å²) in [6, 6.07) is 8.02. The van der Waals surface area contributed by atoms with E-state index in [-0.39, 0.29) is 17.5 Å². The third-order valence-electron chi connectivity index (χ3n) is 4.57. The molecular weight excluding hydrogens is 409 g/mol. The molecule has 0 aliphatic carbocycles. The summed E-state index contributed by atoms with van der Waals surface area (Å²) in [5, 5.41) is 2.78. The Balaban J connectivity index is 1.55. The van der Waals surface area contributed by atoms with Crippen LogP contribution in [0.4, 0.5) is 24.7 Å². The Labute approximate surface area is 171 Å². The fraction of sp³-hybridized carbons (Fsp3) is 0.368. The van der Waals surface area contributed by atoms with E-state index in [2.05, 4.69) is 10.3 Å². The van der Waals surface area contributed by atoms with Crippen LogP contribution in [0.1, 0.15) is 5.56 Å². The first-order chi connectivity index (χ1) is 13.8. The molecule has 1 aliphatic rings. The molecule has 1 fully saturated rings. The van der Waals surface area contributed by atoms with Crippen molar-refractivity contribution in [1.29, 1.82) is 0 Å². The molecule has 2 heterocycles. The van der Waals surface area contributed by atoms with Crippen LogP contribution in [0.15, 0.2) is 36.5 Å². The normalized spacial score (nSPS) is 15.3. The Bertz CT molecular complexity index is 871. The number of benzene rings is 1. The number of rotatable bonds is 5. The van der Waals surface area contributed by atoms with Crippen molar-refractivity contribution in [2.45, 2.75) is 6.18 Å². The molecule has 0 bridgehead atoms. The summed E-state index contributed by atoms with van der Waals surface area (Å²) in [6.45, 7) is 2.30. The van der Waals surface area contributed by atoms with Crippen LogP contribution < -0.4 is 15.0 Å². The van der Waals surface area contributed by atoms with Crippen molar-refractivity contribution < 1.29 is 22.7 Å². The highest BCUT2D eigenvalue weighted by atomic mass is 35.5. The number of amides is 1. The lowest BCUT2D eigenvalue weighted by Crippen LogP contribution is -2.49. The number of carbonyl (C=O) groups excluding carboxylic acids is 1. The van der Waals surface area contributed by atoms with Gasteiger partial charge in [0.15, 0.2) is 0 Å². The van der Waals surface area contributed by atoms with Crippen molar-refractivity contribution in [1.82, 2.24) is 9.88 Å². The zero-order chi connectivity index (χ0) is 21.0. The lowest BCUT2D eigenvalue weighted by molar-refractivity contribution is -0.137. The number of alkyl halides is 3. The summed E-state index contributed by atoms with van der Waals surface area (Å²) in [7, 11) is 1.53. The number of aromatic nitrogens is 1. The van der Waals surface area contributed by atoms with Crippen molar-refractivity contribution >= 4 is 29.0 Å². The van der Waals surface area contributed by atoms with Gasteiger partial charge in [-0.05, 0) is 18.2 Å². The largest absolute Gasteiger partial charge is 0.495 e. The van der Waals surface area contributed by atoms with Crippen LogP contribution in [0.25, 0.3) is 0 Å². The van der Waals surface area contributed by atoms with E-state index in [1.807, 2.05) is 15.9 Å². The number of anilines is 2. The van der Waals surface area contributed by atoms with Crippen LogP contribution in [-0.4, -0.2) is 55.6 Å². The number of halogens is 4. The van der Waals surface area contributed by atoms with Gasteiger partial charge in [0.25, 0.3) is 0 Å². The first-order valence-corrected chi connectivity index (χ1v) is 9.28. The van der Waals surface area contributed by atoms with Gasteiger partial charge in [-0.3, -0.25) is 9.69 Å². The zero-order valence-electron chi connectivity index (χ0n) is 15.7. The number of carbonyl (C=O) groups is 1. The number of ether oxygens (including phenoxy) is 1. The molecule has 6 nitrogen and oxygen atoms in total. The van der Waals surface area contributed by atoms with Crippen LogP contribution in [0.2, 0.25) is 5.02 Å². The molecular formula is C19H20ClF3N4O2. The molecule has 1 N–H and O–H groups in total. The number of hydrogen-bond acceptors (Lipinski definition) is 5. The number of nitrogens with zero attached hydrogens (tertiary/aromatic N) is 3. The maximum Gasteiger partial charge on any atom is 0.417 e. The summed E-state index contributed by atoms with van der Waals surface area (Å²) in [6.07, 6.45) is -3.70. The van der Waals surface area contributed by atoms with Crippen molar-refractivity contribution in [2.75, 3.05) is 50.1 Å². The third kappa shape index (κ3) is 5.30. The molecule has 3 rings (SSSR count). The molecule has 1 saturated heterocycles.